The lowest BCUT2D eigenvalue weighted by molar-refractivity contribution is 0.466. The number of aromatic nitrogens is 3. The highest BCUT2D eigenvalue weighted by Gasteiger charge is 2.15. The van der Waals surface area contributed by atoms with Crippen LogP contribution in [0.3, 0.4) is 0 Å². The molecule has 2 aromatic rings. The molecule has 1 saturated heterocycles. The van der Waals surface area contributed by atoms with E-state index in [-0.39, 0.29) is 0 Å². The second kappa shape index (κ2) is 4.88. The fraction of sp³-hybridized carbons (Fsp3) is 0.455. The first-order chi connectivity index (χ1) is 8.31. The fourth-order valence-corrected chi connectivity index (χ4v) is 3.46. The van der Waals surface area contributed by atoms with Crippen LogP contribution >= 0.6 is 27.3 Å². The van der Waals surface area contributed by atoms with Gasteiger partial charge in [0.15, 0.2) is 0 Å². The summed E-state index contributed by atoms with van der Waals surface area (Å²) in [6.07, 6.45) is 4.53. The van der Waals surface area contributed by atoms with E-state index in [1.165, 1.54) is 12.8 Å². The molecular weight excluding hydrogens is 300 g/mol. The zero-order valence-corrected chi connectivity index (χ0v) is 11.7. The molecule has 0 unspecified atom stereocenters. The number of rotatable bonds is 3. The second-order valence-electron chi connectivity index (χ2n) is 4.25. The lowest BCUT2D eigenvalue weighted by Crippen LogP contribution is -2.26. The average Bonchev–Trinajstić information content (AvgIpc) is 2.99. The van der Waals surface area contributed by atoms with Crippen molar-refractivity contribution < 1.29 is 0 Å². The van der Waals surface area contributed by atoms with Gasteiger partial charge in [-0.05, 0) is 41.4 Å². The van der Waals surface area contributed by atoms with Gasteiger partial charge in [-0.3, -0.25) is 4.68 Å². The molecule has 0 bridgehead atoms. The van der Waals surface area contributed by atoms with Crippen LogP contribution < -0.4 is 5.32 Å². The van der Waals surface area contributed by atoms with Crippen molar-refractivity contribution in [3.05, 3.63) is 22.1 Å². The summed E-state index contributed by atoms with van der Waals surface area (Å²) in [4.78, 5) is 1.16. The Hall–Kier alpha value is -0.720. The van der Waals surface area contributed by atoms with Crippen molar-refractivity contribution in [3.8, 4) is 10.6 Å². The molecule has 6 heteroatoms. The molecule has 0 radical (unpaired) electrons. The Morgan fingerprint density at radius 3 is 3.24 bits per heavy atom. The highest BCUT2D eigenvalue weighted by atomic mass is 79.9. The summed E-state index contributed by atoms with van der Waals surface area (Å²) in [6, 6.07) is 2.63. The minimum atomic E-state index is 0.555. The molecule has 0 saturated carbocycles. The summed E-state index contributed by atoms with van der Waals surface area (Å²) in [5, 5.41) is 13.9. The molecule has 0 aromatic carbocycles. The van der Waals surface area contributed by atoms with Crippen LogP contribution in [0.4, 0.5) is 0 Å². The first kappa shape index (κ1) is 11.4. The molecule has 17 heavy (non-hydrogen) atoms. The lowest BCUT2D eigenvalue weighted by Gasteiger charge is -2.08. The number of nitrogens with zero attached hydrogens (tertiary/aromatic N) is 3. The number of halogens is 1. The van der Waals surface area contributed by atoms with E-state index in [0.29, 0.717) is 6.04 Å². The van der Waals surface area contributed by atoms with Crippen LogP contribution in [0.2, 0.25) is 0 Å². The van der Waals surface area contributed by atoms with Gasteiger partial charge in [0.1, 0.15) is 5.69 Å². The van der Waals surface area contributed by atoms with Crippen LogP contribution in [0.1, 0.15) is 12.8 Å². The number of hydrogen-bond donors (Lipinski definition) is 1. The van der Waals surface area contributed by atoms with E-state index in [0.717, 1.165) is 28.1 Å². The van der Waals surface area contributed by atoms with Gasteiger partial charge in [-0.15, -0.1) is 16.4 Å². The monoisotopic (exact) mass is 312 g/mol. The topological polar surface area (TPSA) is 42.7 Å². The normalized spacial score (nSPS) is 19.9. The Bertz CT molecular complexity index is 501. The SMILES string of the molecule is Brc1csc(-c2cn(C[C@H]3CCCN3)nn2)c1. The largest absolute Gasteiger partial charge is 0.312 e. The Morgan fingerprint density at radius 1 is 1.59 bits per heavy atom. The molecule has 2 aromatic heterocycles. The highest BCUT2D eigenvalue weighted by molar-refractivity contribution is 9.10. The number of thiophene rings is 1. The van der Waals surface area contributed by atoms with Gasteiger partial charge in [0, 0.05) is 15.9 Å². The minimum absolute atomic E-state index is 0.555. The number of hydrogen-bond acceptors (Lipinski definition) is 4. The quantitative estimate of drug-likeness (QED) is 0.947. The molecule has 0 spiro atoms. The summed E-state index contributed by atoms with van der Waals surface area (Å²) in [6.45, 7) is 2.05. The van der Waals surface area contributed by atoms with Gasteiger partial charge < -0.3 is 5.32 Å². The van der Waals surface area contributed by atoms with E-state index in [1.807, 2.05) is 10.9 Å². The Labute approximate surface area is 112 Å². The van der Waals surface area contributed by atoms with Crippen LogP contribution in [0.25, 0.3) is 10.6 Å². The van der Waals surface area contributed by atoms with Gasteiger partial charge in [0.2, 0.25) is 0 Å². The van der Waals surface area contributed by atoms with Crippen molar-refractivity contribution in [1.82, 2.24) is 20.3 Å². The predicted molar refractivity (Wildman–Crippen MR) is 72.1 cm³/mol. The highest BCUT2D eigenvalue weighted by Crippen LogP contribution is 2.28. The van der Waals surface area contributed by atoms with E-state index in [9.17, 15) is 0 Å². The van der Waals surface area contributed by atoms with Crippen LogP contribution in [0.15, 0.2) is 22.1 Å². The van der Waals surface area contributed by atoms with Crippen LogP contribution in [-0.4, -0.2) is 27.6 Å². The number of nitrogens with one attached hydrogen (secondary N) is 1. The maximum atomic E-state index is 4.22. The molecular formula is C11H13BrN4S. The first-order valence-corrected chi connectivity index (χ1v) is 7.36. The van der Waals surface area contributed by atoms with Crippen molar-refractivity contribution >= 4 is 27.3 Å². The molecule has 4 nitrogen and oxygen atoms in total. The Balaban J connectivity index is 1.73. The van der Waals surface area contributed by atoms with Crippen molar-refractivity contribution in [2.45, 2.75) is 25.4 Å². The molecule has 0 aliphatic carbocycles. The Kier molecular flexibility index (Phi) is 3.26. The minimum Gasteiger partial charge on any atom is -0.312 e. The van der Waals surface area contributed by atoms with Crippen LogP contribution in [0.5, 0.6) is 0 Å². The van der Waals surface area contributed by atoms with Crippen molar-refractivity contribution in [2.75, 3.05) is 6.54 Å². The molecule has 0 amide bonds. The molecule has 1 aliphatic rings. The summed E-state index contributed by atoms with van der Waals surface area (Å²) < 4.78 is 3.04. The van der Waals surface area contributed by atoms with E-state index in [2.05, 4.69) is 43.0 Å². The molecule has 1 N–H and O–H groups in total. The molecule has 1 fully saturated rings. The average molecular weight is 313 g/mol. The maximum Gasteiger partial charge on any atom is 0.123 e. The van der Waals surface area contributed by atoms with Gasteiger partial charge in [-0.25, -0.2) is 0 Å². The molecule has 3 rings (SSSR count). The predicted octanol–water partition coefficient (Wildman–Crippen LogP) is 2.52. The zero-order chi connectivity index (χ0) is 11.7. The molecule has 1 atom stereocenters. The third kappa shape index (κ3) is 2.59. The summed E-state index contributed by atoms with van der Waals surface area (Å²) in [7, 11) is 0. The lowest BCUT2D eigenvalue weighted by atomic mass is 10.2. The zero-order valence-electron chi connectivity index (χ0n) is 9.27. The van der Waals surface area contributed by atoms with E-state index < -0.39 is 0 Å². The van der Waals surface area contributed by atoms with Crippen molar-refractivity contribution in [2.24, 2.45) is 0 Å². The third-order valence-corrected chi connectivity index (χ3v) is 4.64. The van der Waals surface area contributed by atoms with E-state index in [1.54, 1.807) is 11.3 Å². The van der Waals surface area contributed by atoms with Gasteiger partial charge in [0.25, 0.3) is 0 Å². The van der Waals surface area contributed by atoms with Crippen molar-refractivity contribution in [1.29, 1.82) is 0 Å². The summed E-state index contributed by atoms with van der Waals surface area (Å²) in [5.41, 5.74) is 0.957. The molecule has 90 valence electrons. The van der Waals surface area contributed by atoms with Crippen LogP contribution in [-0.2, 0) is 6.54 Å². The summed E-state index contributed by atoms with van der Waals surface area (Å²) >= 11 is 5.13. The van der Waals surface area contributed by atoms with Gasteiger partial charge in [-0.2, -0.15) is 0 Å². The second-order valence-corrected chi connectivity index (χ2v) is 6.08. The maximum absolute atomic E-state index is 4.22. The van der Waals surface area contributed by atoms with E-state index >= 15 is 0 Å². The van der Waals surface area contributed by atoms with Crippen molar-refractivity contribution in [3.63, 3.8) is 0 Å². The molecule has 1 aliphatic heterocycles. The first-order valence-electron chi connectivity index (χ1n) is 5.69. The molecule has 3 heterocycles. The van der Waals surface area contributed by atoms with E-state index in [4.69, 9.17) is 0 Å². The van der Waals surface area contributed by atoms with Gasteiger partial charge in [-0.1, -0.05) is 5.21 Å². The smallest absolute Gasteiger partial charge is 0.123 e. The van der Waals surface area contributed by atoms with Gasteiger partial charge >= 0.3 is 0 Å². The third-order valence-electron chi connectivity index (χ3n) is 2.93. The Morgan fingerprint density at radius 2 is 2.53 bits per heavy atom. The van der Waals surface area contributed by atoms with Gasteiger partial charge in [0.05, 0.1) is 17.6 Å². The van der Waals surface area contributed by atoms with Crippen LogP contribution in [0, 0.1) is 0 Å². The summed E-state index contributed by atoms with van der Waals surface area (Å²) in [5.74, 6) is 0. The standard InChI is InChI=1S/C11H13BrN4S/c12-8-4-11(17-7-8)10-6-16(15-14-10)5-9-2-1-3-13-9/h4,6-7,9,13H,1-3,5H2/t9-/m1/s1. The fourth-order valence-electron chi connectivity index (χ4n) is 2.09.